The van der Waals surface area contributed by atoms with Crippen LogP contribution in [0.15, 0.2) is 6.07 Å². The summed E-state index contributed by atoms with van der Waals surface area (Å²) in [5.41, 5.74) is 1.72. The van der Waals surface area contributed by atoms with Crippen LogP contribution < -0.4 is 0 Å². The summed E-state index contributed by atoms with van der Waals surface area (Å²) in [5, 5.41) is 0.830. The molecule has 2 rings (SSSR count). The van der Waals surface area contributed by atoms with Gasteiger partial charge in [-0.05, 0) is 26.8 Å². The Hall–Kier alpha value is -0.640. The molecule has 2 aromatic rings. The number of hydrogen-bond donors (Lipinski definition) is 0. The molecule has 0 unspecified atom stereocenters. The molecule has 0 saturated heterocycles. The molecule has 0 N–H and O–H groups in total. The zero-order chi connectivity index (χ0) is 11.9. The van der Waals surface area contributed by atoms with E-state index in [1.807, 2.05) is 6.92 Å². The average molecular weight is 273 g/mol. The van der Waals surface area contributed by atoms with Crippen molar-refractivity contribution in [2.75, 3.05) is 0 Å². The molecule has 0 atom stereocenters. The monoisotopic (exact) mass is 272 g/mol. The molecule has 16 heavy (non-hydrogen) atoms. The van der Waals surface area contributed by atoms with E-state index in [0.29, 0.717) is 16.1 Å². The summed E-state index contributed by atoms with van der Waals surface area (Å²) in [4.78, 5) is 10.9. The Balaban J connectivity index is 2.61. The number of aromatic nitrogens is 2. The number of rotatable bonds is 1. The van der Waals surface area contributed by atoms with Gasteiger partial charge in [0.1, 0.15) is 10.3 Å². The fraction of sp³-hybridized carbons (Fsp3) is 0.273. The van der Waals surface area contributed by atoms with Gasteiger partial charge in [0.05, 0.1) is 0 Å². The van der Waals surface area contributed by atoms with Crippen LogP contribution in [0.2, 0.25) is 10.3 Å². The van der Waals surface area contributed by atoms with Crippen LogP contribution in [0.25, 0.3) is 11.4 Å². The summed E-state index contributed by atoms with van der Waals surface area (Å²) in [6.07, 6.45) is 0. The third-order valence-corrected chi connectivity index (χ3v) is 4.01. The minimum Gasteiger partial charge on any atom is -0.216 e. The molecule has 0 aromatic carbocycles. The van der Waals surface area contributed by atoms with Crippen molar-refractivity contribution in [1.29, 1.82) is 0 Å². The van der Waals surface area contributed by atoms with Gasteiger partial charge in [-0.3, -0.25) is 0 Å². The van der Waals surface area contributed by atoms with Crippen molar-refractivity contribution >= 4 is 34.5 Å². The van der Waals surface area contributed by atoms with E-state index in [1.165, 1.54) is 9.75 Å². The minimum absolute atomic E-state index is 0.415. The first-order valence-electron chi connectivity index (χ1n) is 4.76. The highest BCUT2D eigenvalue weighted by Gasteiger charge is 2.12. The summed E-state index contributed by atoms with van der Waals surface area (Å²) in [6, 6.07) is 2.05. The smallest absolute Gasteiger partial charge is 0.163 e. The number of thiophene rings is 1. The molecule has 2 heterocycles. The zero-order valence-electron chi connectivity index (χ0n) is 9.14. The van der Waals surface area contributed by atoms with Crippen LogP contribution in [0.4, 0.5) is 0 Å². The second-order valence-corrected chi connectivity index (χ2v) is 5.76. The van der Waals surface area contributed by atoms with Gasteiger partial charge in [0.15, 0.2) is 5.82 Å². The predicted octanol–water partition coefficient (Wildman–Crippen LogP) is 4.44. The van der Waals surface area contributed by atoms with Gasteiger partial charge in [-0.1, -0.05) is 23.2 Å². The summed E-state index contributed by atoms with van der Waals surface area (Å²) in [6.45, 7) is 5.90. The molecule has 2 nitrogen and oxygen atoms in total. The van der Waals surface area contributed by atoms with Crippen molar-refractivity contribution in [2.45, 2.75) is 20.8 Å². The summed E-state index contributed by atoms with van der Waals surface area (Å²) in [7, 11) is 0. The van der Waals surface area contributed by atoms with E-state index in [0.717, 1.165) is 11.1 Å². The van der Waals surface area contributed by atoms with Gasteiger partial charge in [-0.2, -0.15) is 0 Å². The minimum atomic E-state index is 0.415. The van der Waals surface area contributed by atoms with Gasteiger partial charge in [-0.25, -0.2) is 9.97 Å². The topological polar surface area (TPSA) is 25.8 Å². The van der Waals surface area contributed by atoms with Gasteiger partial charge in [-0.15, -0.1) is 11.3 Å². The molecule has 2 aromatic heterocycles. The molecule has 0 aliphatic heterocycles. The maximum absolute atomic E-state index is 6.00. The Morgan fingerprint density at radius 3 is 2.06 bits per heavy atom. The Labute approximate surface area is 108 Å². The van der Waals surface area contributed by atoms with E-state index in [-0.39, 0.29) is 0 Å². The van der Waals surface area contributed by atoms with E-state index in [2.05, 4.69) is 23.0 Å². The van der Waals surface area contributed by atoms with Gasteiger partial charge < -0.3 is 0 Å². The molecule has 84 valence electrons. The Bertz CT molecular complexity index is 526. The first kappa shape index (κ1) is 11.8. The largest absolute Gasteiger partial charge is 0.216 e. The molecule has 0 fully saturated rings. The highest BCUT2D eigenvalue weighted by atomic mass is 35.5. The molecule has 0 amide bonds. The van der Waals surface area contributed by atoms with Crippen molar-refractivity contribution in [3.63, 3.8) is 0 Å². The molecule has 0 aliphatic carbocycles. The van der Waals surface area contributed by atoms with Crippen LogP contribution in [0.3, 0.4) is 0 Å². The van der Waals surface area contributed by atoms with Crippen LogP contribution in [0, 0.1) is 20.8 Å². The van der Waals surface area contributed by atoms with Crippen molar-refractivity contribution in [1.82, 2.24) is 9.97 Å². The van der Waals surface area contributed by atoms with Gasteiger partial charge in [0.2, 0.25) is 0 Å². The zero-order valence-corrected chi connectivity index (χ0v) is 11.5. The summed E-state index contributed by atoms with van der Waals surface area (Å²) in [5.74, 6) is 0.599. The molecule has 0 aliphatic rings. The van der Waals surface area contributed by atoms with Crippen molar-refractivity contribution in [3.8, 4) is 11.4 Å². The lowest BCUT2D eigenvalue weighted by molar-refractivity contribution is 1.14. The normalized spacial score (nSPS) is 10.8. The predicted molar refractivity (Wildman–Crippen MR) is 69.6 cm³/mol. The lowest BCUT2D eigenvalue weighted by Crippen LogP contribution is -1.93. The van der Waals surface area contributed by atoms with Crippen LogP contribution in [-0.2, 0) is 0 Å². The lowest BCUT2D eigenvalue weighted by atomic mass is 10.2. The highest BCUT2D eigenvalue weighted by molar-refractivity contribution is 7.12. The maximum Gasteiger partial charge on any atom is 0.163 e. The van der Waals surface area contributed by atoms with Crippen molar-refractivity contribution < 1.29 is 0 Å². The van der Waals surface area contributed by atoms with Crippen LogP contribution in [0.5, 0.6) is 0 Å². The molecule has 0 radical (unpaired) electrons. The first-order chi connectivity index (χ1) is 7.49. The number of halogens is 2. The number of nitrogens with zero attached hydrogens (tertiary/aromatic N) is 2. The quantitative estimate of drug-likeness (QED) is 0.718. The van der Waals surface area contributed by atoms with Crippen LogP contribution in [-0.4, -0.2) is 9.97 Å². The average Bonchev–Trinajstić information content (AvgIpc) is 2.53. The van der Waals surface area contributed by atoms with Crippen LogP contribution in [0.1, 0.15) is 15.3 Å². The first-order valence-corrected chi connectivity index (χ1v) is 6.33. The molecule has 5 heteroatoms. The van der Waals surface area contributed by atoms with E-state index in [1.54, 1.807) is 18.3 Å². The Morgan fingerprint density at radius 2 is 1.62 bits per heavy atom. The fourth-order valence-corrected chi connectivity index (χ4v) is 2.74. The SMILES string of the molecule is Cc1cc(-c2nc(Cl)c(C)c(Cl)n2)c(C)s1. The van der Waals surface area contributed by atoms with Crippen LogP contribution >= 0.6 is 34.5 Å². The molecule has 0 bridgehead atoms. The van der Waals surface area contributed by atoms with Gasteiger partial charge >= 0.3 is 0 Å². The molecular formula is C11H10Cl2N2S. The molecular weight excluding hydrogens is 263 g/mol. The highest BCUT2D eigenvalue weighted by Crippen LogP contribution is 2.31. The van der Waals surface area contributed by atoms with E-state index < -0.39 is 0 Å². The number of aryl methyl sites for hydroxylation is 2. The van der Waals surface area contributed by atoms with E-state index in [4.69, 9.17) is 23.2 Å². The Kier molecular flexibility index (Phi) is 3.19. The third kappa shape index (κ3) is 2.08. The Morgan fingerprint density at radius 1 is 1.06 bits per heavy atom. The molecule has 0 spiro atoms. The van der Waals surface area contributed by atoms with Gasteiger partial charge in [0.25, 0.3) is 0 Å². The van der Waals surface area contributed by atoms with E-state index >= 15 is 0 Å². The second-order valence-electron chi connectivity index (χ2n) is 3.58. The lowest BCUT2D eigenvalue weighted by Gasteiger charge is -2.03. The number of hydrogen-bond acceptors (Lipinski definition) is 3. The summed E-state index contributed by atoms with van der Waals surface area (Å²) < 4.78 is 0. The third-order valence-electron chi connectivity index (χ3n) is 2.31. The summed E-state index contributed by atoms with van der Waals surface area (Å²) >= 11 is 13.7. The van der Waals surface area contributed by atoms with Crippen molar-refractivity contribution in [3.05, 3.63) is 31.7 Å². The second kappa shape index (κ2) is 4.32. The van der Waals surface area contributed by atoms with E-state index in [9.17, 15) is 0 Å². The maximum atomic E-state index is 6.00. The fourth-order valence-electron chi connectivity index (χ4n) is 1.44. The molecule has 0 saturated carbocycles. The van der Waals surface area contributed by atoms with Crippen molar-refractivity contribution in [2.24, 2.45) is 0 Å². The standard InChI is InChI=1S/C11H10Cl2N2S/c1-5-4-8(7(3)16-5)11-14-9(12)6(2)10(13)15-11/h4H,1-3H3. The van der Waals surface area contributed by atoms with Gasteiger partial charge in [0, 0.05) is 20.9 Å².